The molecule has 1 aromatic heterocycles. The van der Waals surface area contributed by atoms with Crippen LogP contribution in [0.15, 0.2) is 22.6 Å². The van der Waals surface area contributed by atoms with Gasteiger partial charge in [-0.25, -0.2) is 4.98 Å². The Bertz CT molecular complexity index is 748. The number of halogens is 1. The summed E-state index contributed by atoms with van der Waals surface area (Å²) in [6, 6.07) is 4.98. The second kappa shape index (κ2) is 7.91. The van der Waals surface area contributed by atoms with Crippen LogP contribution in [0.3, 0.4) is 0 Å². The molecular formula is C19H25ClN2O3. The van der Waals surface area contributed by atoms with E-state index >= 15 is 0 Å². The molecule has 0 radical (unpaired) electrons. The van der Waals surface area contributed by atoms with Crippen LogP contribution in [-0.4, -0.2) is 24.5 Å². The van der Waals surface area contributed by atoms with E-state index in [-0.39, 0.29) is 11.3 Å². The van der Waals surface area contributed by atoms with Crippen molar-refractivity contribution in [1.82, 2.24) is 10.3 Å². The number of aromatic nitrogens is 1. The Kier molecular flexibility index (Phi) is 6.11. The summed E-state index contributed by atoms with van der Waals surface area (Å²) in [5.74, 6) is 1.92. The SMILES string of the molecule is COc1ccc(Cl)cc1C(=O)NCCCc1oc(C(C)(C)C)nc1C. The van der Waals surface area contributed by atoms with Gasteiger partial charge in [-0.3, -0.25) is 4.79 Å². The highest BCUT2D eigenvalue weighted by Gasteiger charge is 2.22. The molecule has 0 aliphatic rings. The van der Waals surface area contributed by atoms with Crippen molar-refractivity contribution >= 4 is 17.5 Å². The van der Waals surface area contributed by atoms with E-state index in [0.29, 0.717) is 22.9 Å². The summed E-state index contributed by atoms with van der Waals surface area (Å²) in [4.78, 5) is 16.8. The molecule has 0 saturated carbocycles. The first-order valence-corrected chi connectivity index (χ1v) is 8.68. The number of nitrogens with one attached hydrogen (secondary N) is 1. The van der Waals surface area contributed by atoms with Crippen molar-refractivity contribution in [2.75, 3.05) is 13.7 Å². The molecule has 0 aliphatic carbocycles. The molecule has 1 amide bonds. The van der Waals surface area contributed by atoms with Crippen LogP contribution in [0.25, 0.3) is 0 Å². The summed E-state index contributed by atoms with van der Waals surface area (Å²) in [5, 5.41) is 3.39. The van der Waals surface area contributed by atoms with Gasteiger partial charge >= 0.3 is 0 Å². The molecule has 0 saturated heterocycles. The van der Waals surface area contributed by atoms with Crippen LogP contribution in [0.4, 0.5) is 0 Å². The van der Waals surface area contributed by atoms with Gasteiger partial charge in [-0.2, -0.15) is 0 Å². The van der Waals surface area contributed by atoms with Gasteiger partial charge in [0.25, 0.3) is 5.91 Å². The Morgan fingerprint density at radius 2 is 2.08 bits per heavy atom. The minimum absolute atomic E-state index is 0.111. The maximum absolute atomic E-state index is 12.3. The summed E-state index contributed by atoms with van der Waals surface area (Å²) in [7, 11) is 1.53. The van der Waals surface area contributed by atoms with E-state index in [1.165, 1.54) is 7.11 Å². The molecule has 1 aromatic carbocycles. The standard InChI is InChI=1S/C19H25ClN2O3/c1-12-15(25-18(22-12)19(2,3)4)7-6-10-21-17(23)14-11-13(20)8-9-16(14)24-5/h8-9,11H,6-7,10H2,1-5H3,(H,21,23). The van der Waals surface area contributed by atoms with Crippen LogP contribution < -0.4 is 10.1 Å². The number of hydrogen-bond donors (Lipinski definition) is 1. The maximum Gasteiger partial charge on any atom is 0.255 e. The average Bonchev–Trinajstić information content (AvgIpc) is 2.92. The number of benzene rings is 1. The molecule has 0 atom stereocenters. The molecule has 1 heterocycles. The van der Waals surface area contributed by atoms with E-state index in [9.17, 15) is 4.79 Å². The Balaban J connectivity index is 1.91. The molecule has 1 N–H and O–H groups in total. The number of rotatable bonds is 6. The molecule has 0 fully saturated rings. The molecule has 25 heavy (non-hydrogen) atoms. The number of aryl methyl sites for hydroxylation is 2. The summed E-state index contributed by atoms with van der Waals surface area (Å²) in [6.07, 6.45) is 1.48. The van der Waals surface area contributed by atoms with E-state index in [4.69, 9.17) is 20.8 Å². The molecule has 0 aliphatic heterocycles. The number of ether oxygens (including phenoxy) is 1. The van der Waals surface area contributed by atoms with E-state index < -0.39 is 0 Å². The van der Waals surface area contributed by atoms with Crippen molar-refractivity contribution in [3.63, 3.8) is 0 Å². The predicted molar refractivity (Wildman–Crippen MR) is 98.6 cm³/mol. The van der Waals surface area contributed by atoms with Crippen LogP contribution >= 0.6 is 11.6 Å². The first kappa shape index (κ1) is 19.3. The lowest BCUT2D eigenvalue weighted by atomic mass is 9.97. The molecular weight excluding hydrogens is 340 g/mol. The molecule has 0 spiro atoms. The first-order chi connectivity index (χ1) is 11.7. The molecule has 2 aromatic rings. The van der Waals surface area contributed by atoms with E-state index in [2.05, 4.69) is 31.1 Å². The fourth-order valence-electron chi connectivity index (χ4n) is 2.38. The van der Waals surface area contributed by atoms with Gasteiger partial charge in [0.05, 0.1) is 18.4 Å². The average molecular weight is 365 g/mol. The maximum atomic E-state index is 12.3. The third-order valence-electron chi connectivity index (χ3n) is 3.81. The lowest BCUT2D eigenvalue weighted by Crippen LogP contribution is -2.25. The van der Waals surface area contributed by atoms with Gasteiger partial charge in [0.15, 0.2) is 5.89 Å². The Morgan fingerprint density at radius 1 is 1.36 bits per heavy atom. The molecule has 136 valence electrons. The van der Waals surface area contributed by atoms with Crippen molar-refractivity contribution < 1.29 is 13.9 Å². The summed E-state index contributed by atoms with van der Waals surface area (Å²) < 4.78 is 11.1. The summed E-state index contributed by atoms with van der Waals surface area (Å²) in [5.41, 5.74) is 1.23. The highest BCUT2D eigenvalue weighted by atomic mass is 35.5. The lowest BCUT2D eigenvalue weighted by molar-refractivity contribution is 0.0950. The van der Waals surface area contributed by atoms with Gasteiger partial charge < -0.3 is 14.5 Å². The highest BCUT2D eigenvalue weighted by Crippen LogP contribution is 2.25. The molecule has 0 unspecified atom stereocenters. The van der Waals surface area contributed by atoms with Crippen molar-refractivity contribution in [3.05, 3.63) is 46.1 Å². The Morgan fingerprint density at radius 3 is 2.68 bits per heavy atom. The largest absolute Gasteiger partial charge is 0.496 e. The number of amides is 1. The van der Waals surface area contributed by atoms with Crippen molar-refractivity contribution in [3.8, 4) is 5.75 Å². The Hall–Kier alpha value is -2.01. The normalized spacial score (nSPS) is 11.4. The number of carbonyl (C=O) groups excluding carboxylic acids is 1. The third-order valence-corrected chi connectivity index (χ3v) is 4.04. The predicted octanol–water partition coefficient (Wildman–Crippen LogP) is 4.31. The quantitative estimate of drug-likeness (QED) is 0.776. The second-order valence-electron chi connectivity index (χ2n) is 6.98. The minimum Gasteiger partial charge on any atom is -0.496 e. The molecule has 0 bridgehead atoms. The van der Waals surface area contributed by atoms with Gasteiger partial charge in [-0.1, -0.05) is 32.4 Å². The number of methoxy groups -OCH3 is 1. The number of oxazole rings is 1. The summed E-state index contributed by atoms with van der Waals surface area (Å²) >= 11 is 5.96. The lowest BCUT2D eigenvalue weighted by Gasteiger charge is -2.12. The zero-order valence-electron chi connectivity index (χ0n) is 15.4. The van der Waals surface area contributed by atoms with E-state index in [0.717, 1.165) is 30.2 Å². The van der Waals surface area contributed by atoms with Crippen LogP contribution in [0.1, 0.15) is 54.9 Å². The zero-order chi connectivity index (χ0) is 18.6. The molecule has 2 rings (SSSR count). The minimum atomic E-state index is -0.205. The molecule has 6 heteroatoms. The van der Waals surface area contributed by atoms with Crippen LogP contribution in [0.5, 0.6) is 5.75 Å². The van der Waals surface area contributed by atoms with Crippen LogP contribution in [0.2, 0.25) is 5.02 Å². The summed E-state index contributed by atoms with van der Waals surface area (Å²) in [6.45, 7) is 8.69. The van der Waals surface area contributed by atoms with Crippen LogP contribution in [-0.2, 0) is 11.8 Å². The van der Waals surface area contributed by atoms with Crippen molar-refractivity contribution in [1.29, 1.82) is 0 Å². The van der Waals surface area contributed by atoms with E-state index in [1.807, 2.05) is 6.92 Å². The van der Waals surface area contributed by atoms with Gasteiger partial charge in [0.1, 0.15) is 11.5 Å². The first-order valence-electron chi connectivity index (χ1n) is 8.31. The topological polar surface area (TPSA) is 64.4 Å². The zero-order valence-corrected chi connectivity index (χ0v) is 16.2. The van der Waals surface area contributed by atoms with E-state index in [1.54, 1.807) is 18.2 Å². The number of nitrogens with zero attached hydrogens (tertiary/aromatic N) is 1. The monoisotopic (exact) mass is 364 g/mol. The highest BCUT2D eigenvalue weighted by molar-refractivity contribution is 6.31. The number of carbonyl (C=O) groups is 1. The van der Waals surface area contributed by atoms with Crippen molar-refractivity contribution in [2.45, 2.75) is 46.0 Å². The van der Waals surface area contributed by atoms with Crippen molar-refractivity contribution in [2.24, 2.45) is 0 Å². The van der Waals surface area contributed by atoms with Crippen LogP contribution in [0, 0.1) is 6.92 Å². The van der Waals surface area contributed by atoms with Gasteiger partial charge in [0.2, 0.25) is 0 Å². The van der Waals surface area contributed by atoms with Gasteiger partial charge in [0, 0.05) is 23.4 Å². The Labute approximate surface area is 153 Å². The third kappa shape index (κ3) is 4.98. The smallest absolute Gasteiger partial charge is 0.255 e. The van der Waals surface area contributed by atoms with Gasteiger partial charge in [-0.15, -0.1) is 0 Å². The fourth-order valence-corrected chi connectivity index (χ4v) is 2.56. The number of hydrogen-bond acceptors (Lipinski definition) is 4. The fraction of sp³-hybridized carbons (Fsp3) is 0.474. The van der Waals surface area contributed by atoms with Gasteiger partial charge in [-0.05, 0) is 31.5 Å². The second-order valence-corrected chi connectivity index (χ2v) is 7.42. The molecule has 5 nitrogen and oxygen atoms in total.